The number of likely N-dealkylation sites (tertiary alicyclic amines) is 2. The van der Waals surface area contributed by atoms with Crippen LogP contribution in [0, 0.1) is 11.3 Å². The van der Waals surface area contributed by atoms with E-state index in [4.69, 9.17) is 0 Å². The van der Waals surface area contributed by atoms with Gasteiger partial charge in [0.2, 0.25) is 23.6 Å². The summed E-state index contributed by atoms with van der Waals surface area (Å²) in [7, 11) is 1.77. The topological polar surface area (TPSA) is 102 Å². The molecule has 256 valence electrons. The fourth-order valence-corrected chi connectivity index (χ4v) is 7.40. The predicted octanol–water partition coefficient (Wildman–Crippen LogP) is 5.04. The summed E-state index contributed by atoms with van der Waals surface area (Å²) < 4.78 is 0. The van der Waals surface area contributed by atoms with Crippen LogP contribution >= 0.6 is 0 Å². The third kappa shape index (κ3) is 9.79. The lowest BCUT2D eigenvalue weighted by Crippen LogP contribution is -2.60. The lowest BCUT2D eigenvalue weighted by atomic mass is 9.84. The molecule has 3 rings (SSSR count). The number of hydrogen-bond donors (Lipinski definition) is 2. The van der Waals surface area contributed by atoms with Gasteiger partial charge >= 0.3 is 0 Å². The van der Waals surface area contributed by atoms with Crippen LogP contribution in [0.15, 0.2) is 11.6 Å². The number of piperidine rings is 1. The number of nitrogens with one attached hydrogen (secondary N) is 2. The number of rotatable bonds is 10. The fraction of sp³-hybridized carbons (Fsp3) is 0.833. The van der Waals surface area contributed by atoms with Crippen LogP contribution in [0.2, 0.25) is 0 Å². The minimum atomic E-state index is -0.716. The Hall–Kier alpha value is -2.42. The minimum Gasteiger partial charge on any atom is -0.352 e. The highest BCUT2D eigenvalue weighted by molar-refractivity contribution is 5.97. The number of nitrogens with zero attached hydrogens (tertiary/aromatic N) is 3. The Morgan fingerprint density at radius 2 is 1.40 bits per heavy atom. The van der Waals surface area contributed by atoms with E-state index in [1.54, 1.807) is 23.8 Å². The van der Waals surface area contributed by atoms with Crippen molar-refractivity contribution in [3.05, 3.63) is 11.6 Å². The first-order chi connectivity index (χ1) is 21.1. The van der Waals surface area contributed by atoms with Crippen LogP contribution in [-0.2, 0) is 19.2 Å². The molecule has 4 amide bonds. The predicted molar refractivity (Wildman–Crippen MR) is 180 cm³/mol. The summed E-state index contributed by atoms with van der Waals surface area (Å²) in [6.07, 6.45) is 13.0. The Morgan fingerprint density at radius 3 is 1.98 bits per heavy atom. The molecular weight excluding hydrogens is 566 g/mol. The fourth-order valence-electron chi connectivity index (χ4n) is 7.40. The van der Waals surface area contributed by atoms with Gasteiger partial charge in [-0.25, -0.2) is 0 Å². The van der Waals surface area contributed by atoms with Crippen LogP contribution in [0.5, 0.6) is 0 Å². The van der Waals surface area contributed by atoms with Gasteiger partial charge in [0, 0.05) is 31.2 Å². The molecule has 0 aromatic rings. The van der Waals surface area contributed by atoms with Crippen molar-refractivity contribution < 1.29 is 19.2 Å². The van der Waals surface area contributed by atoms with E-state index in [2.05, 4.69) is 29.4 Å². The molecule has 1 aliphatic carbocycles. The molecule has 0 radical (unpaired) electrons. The van der Waals surface area contributed by atoms with Gasteiger partial charge < -0.3 is 20.4 Å². The molecule has 0 aromatic carbocycles. The summed E-state index contributed by atoms with van der Waals surface area (Å²) in [6, 6.07) is -1.32. The Bertz CT molecular complexity index is 1060. The van der Waals surface area contributed by atoms with E-state index >= 15 is 0 Å². The number of hydrogen-bond acceptors (Lipinski definition) is 5. The molecule has 3 fully saturated rings. The van der Waals surface area contributed by atoms with Crippen LogP contribution < -0.4 is 10.6 Å². The molecule has 2 N–H and O–H groups in total. The second kappa shape index (κ2) is 16.4. The van der Waals surface area contributed by atoms with Crippen molar-refractivity contribution in [3.8, 4) is 0 Å². The number of likely N-dealkylation sites (N-methyl/N-ethyl adjacent to an activating group) is 1. The highest BCUT2D eigenvalue weighted by Gasteiger charge is 2.40. The van der Waals surface area contributed by atoms with Gasteiger partial charge in [-0.1, -0.05) is 72.8 Å². The smallest absolute Gasteiger partial charge is 0.249 e. The Labute approximate surface area is 273 Å². The van der Waals surface area contributed by atoms with Crippen LogP contribution in [0.4, 0.5) is 0 Å². The maximum atomic E-state index is 14.2. The molecule has 4 atom stereocenters. The zero-order valence-electron chi connectivity index (χ0n) is 29.8. The van der Waals surface area contributed by atoms with E-state index in [1.807, 2.05) is 40.7 Å². The van der Waals surface area contributed by atoms with Gasteiger partial charge in [-0.15, -0.1) is 0 Å². The second-order valence-electron chi connectivity index (χ2n) is 15.5. The lowest BCUT2D eigenvalue weighted by Gasteiger charge is -2.41. The molecular formula is C36H63N5O4. The summed E-state index contributed by atoms with van der Waals surface area (Å²) in [6.45, 7) is 17.5. The molecule has 9 heteroatoms. The van der Waals surface area contributed by atoms with Crippen molar-refractivity contribution in [1.82, 2.24) is 25.3 Å². The van der Waals surface area contributed by atoms with Crippen molar-refractivity contribution in [3.63, 3.8) is 0 Å². The van der Waals surface area contributed by atoms with Gasteiger partial charge in [-0.3, -0.25) is 24.1 Å². The summed E-state index contributed by atoms with van der Waals surface area (Å²) in [4.78, 5) is 60.5. The first-order valence-electron chi connectivity index (χ1n) is 17.8. The van der Waals surface area contributed by atoms with Gasteiger partial charge in [0.25, 0.3) is 0 Å². The normalized spacial score (nSPS) is 23.9. The van der Waals surface area contributed by atoms with Gasteiger partial charge in [-0.05, 0) is 77.2 Å². The van der Waals surface area contributed by atoms with Crippen molar-refractivity contribution in [1.29, 1.82) is 0 Å². The molecule has 1 saturated carbocycles. The van der Waals surface area contributed by atoms with Crippen LogP contribution in [-0.4, -0.2) is 94.7 Å². The Kier molecular flexibility index (Phi) is 13.5. The van der Waals surface area contributed by atoms with Gasteiger partial charge in [0.05, 0.1) is 12.1 Å². The van der Waals surface area contributed by atoms with Crippen LogP contribution in [0.1, 0.15) is 126 Å². The average Bonchev–Trinajstić information content (AvgIpc) is 3.34. The first kappa shape index (κ1) is 37.0. The maximum Gasteiger partial charge on any atom is 0.249 e. The zero-order valence-corrected chi connectivity index (χ0v) is 29.8. The highest BCUT2D eigenvalue weighted by Crippen LogP contribution is 2.27. The average molecular weight is 630 g/mol. The van der Waals surface area contributed by atoms with Gasteiger partial charge in [0.1, 0.15) is 12.1 Å². The summed E-state index contributed by atoms with van der Waals surface area (Å²) in [5.74, 6) is -0.409. The largest absolute Gasteiger partial charge is 0.352 e. The zero-order chi connectivity index (χ0) is 33.5. The van der Waals surface area contributed by atoms with Crippen molar-refractivity contribution in [2.45, 2.75) is 162 Å². The van der Waals surface area contributed by atoms with Crippen LogP contribution in [0.3, 0.4) is 0 Å². The molecule has 2 aliphatic heterocycles. The molecule has 2 saturated heterocycles. The van der Waals surface area contributed by atoms with Crippen molar-refractivity contribution in [2.24, 2.45) is 11.3 Å². The molecule has 9 nitrogen and oxygen atoms in total. The van der Waals surface area contributed by atoms with Gasteiger partial charge in [0.15, 0.2) is 0 Å². The molecule has 2 heterocycles. The monoisotopic (exact) mass is 629 g/mol. The van der Waals surface area contributed by atoms with Gasteiger partial charge in [-0.2, -0.15) is 0 Å². The summed E-state index contributed by atoms with van der Waals surface area (Å²) >= 11 is 0. The maximum absolute atomic E-state index is 14.2. The molecule has 0 spiro atoms. The lowest BCUT2D eigenvalue weighted by molar-refractivity contribution is -0.142. The van der Waals surface area contributed by atoms with E-state index in [-0.39, 0.29) is 53.7 Å². The number of carbonyl (C=O) groups excluding carboxylic acids is 4. The van der Waals surface area contributed by atoms with E-state index in [9.17, 15) is 19.2 Å². The van der Waals surface area contributed by atoms with E-state index < -0.39 is 17.5 Å². The van der Waals surface area contributed by atoms with E-state index in [0.29, 0.717) is 18.5 Å². The van der Waals surface area contributed by atoms with Crippen LogP contribution in [0.25, 0.3) is 0 Å². The summed E-state index contributed by atoms with van der Waals surface area (Å²) in [5.41, 5.74) is 0.0238. The SMILES string of the molecule is C/C(=C\[C@H](C(C)C)N(C)C(=O)C(NC(=O)C1CCCCN1C(C)C)C(C)(C)C)C(=O)N1CCCC1C(=O)NC1CCCCCC1. The van der Waals surface area contributed by atoms with E-state index in [1.165, 1.54) is 12.8 Å². The third-order valence-corrected chi connectivity index (χ3v) is 10.2. The molecule has 3 unspecified atom stereocenters. The Balaban J connectivity index is 1.75. The van der Waals surface area contributed by atoms with Crippen molar-refractivity contribution >= 4 is 23.6 Å². The first-order valence-corrected chi connectivity index (χ1v) is 17.8. The number of carbonyl (C=O) groups is 4. The molecule has 0 aromatic heterocycles. The quantitative estimate of drug-likeness (QED) is 0.261. The molecule has 0 bridgehead atoms. The molecule has 3 aliphatic rings. The highest BCUT2D eigenvalue weighted by atomic mass is 16.2. The second-order valence-corrected chi connectivity index (χ2v) is 15.5. The van der Waals surface area contributed by atoms with E-state index in [0.717, 1.165) is 57.9 Å². The van der Waals surface area contributed by atoms with Crippen molar-refractivity contribution in [2.75, 3.05) is 20.1 Å². The number of amides is 4. The minimum absolute atomic E-state index is 0.0284. The molecule has 45 heavy (non-hydrogen) atoms. The third-order valence-electron chi connectivity index (χ3n) is 10.2. The standard InChI is InChI=1S/C36H63N5O4/c1-24(2)30(23-26(5)34(44)41-22-16-20-29(41)32(42)37-27-17-12-10-11-13-18-27)39(9)35(45)31(36(6,7)8)38-33(43)28-19-14-15-21-40(28)25(3)4/h23-25,27-31H,10-22H2,1-9H3,(H,37,42)(H,38,43)/b26-23+/t28?,29?,30-,31?/m1/s1. The Morgan fingerprint density at radius 1 is 0.800 bits per heavy atom. The summed E-state index contributed by atoms with van der Waals surface area (Å²) in [5, 5.41) is 6.40.